The zero-order valence-electron chi connectivity index (χ0n) is 10.9. The van der Waals surface area contributed by atoms with E-state index in [9.17, 15) is 9.59 Å². The lowest BCUT2D eigenvalue weighted by Crippen LogP contribution is -2.17. The molecule has 2 aromatic rings. The summed E-state index contributed by atoms with van der Waals surface area (Å²) in [7, 11) is 0. The topological polar surface area (TPSA) is 60.7 Å². The third kappa shape index (κ3) is 2.60. The number of aromatic nitrogens is 2. The van der Waals surface area contributed by atoms with Crippen molar-refractivity contribution in [1.29, 1.82) is 0 Å². The van der Waals surface area contributed by atoms with Crippen molar-refractivity contribution in [1.82, 2.24) is 9.38 Å². The summed E-state index contributed by atoms with van der Waals surface area (Å²) in [4.78, 5) is 27.9. The smallest absolute Gasteiger partial charge is 0.309 e. The van der Waals surface area contributed by atoms with Gasteiger partial charge < -0.3 is 4.74 Å². The SMILES string of the molecule is C[C@H]1C[C@@H]1C(=O)OCc1cc(=O)n2cc(Br)ccc2n1. The highest BCUT2D eigenvalue weighted by Crippen LogP contribution is 2.38. The molecule has 0 bridgehead atoms. The highest BCUT2D eigenvalue weighted by molar-refractivity contribution is 9.10. The second-order valence-corrected chi connectivity index (χ2v) is 6.00. The summed E-state index contributed by atoms with van der Waals surface area (Å²) in [5.41, 5.74) is 0.813. The normalized spacial score (nSPS) is 20.9. The number of pyridine rings is 1. The lowest BCUT2D eigenvalue weighted by Gasteiger charge is -2.06. The van der Waals surface area contributed by atoms with Crippen molar-refractivity contribution in [3.8, 4) is 0 Å². The summed E-state index contributed by atoms with van der Waals surface area (Å²) in [5, 5.41) is 0. The van der Waals surface area contributed by atoms with E-state index in [1.54, 1.807) is 12.3 Å². The first-order valence-corrected chi connectivity index (χ1v) is 7.18. The zero-order chi connectivity index (χ0) is 14.3. The molecule has 1 fully saturated rings. The molecular weight excluding hydrogens is 324 g/mol. The number of ether oxygens (including phenoxy) is 1. The van der Waals surface area contributed by atoms with Gasteiger partial charge in [0.05, 0.1) is 11.6 Å². The van der Waals surface area contributed by atoms with Crippen molar-refractivity contribution >= 4 is 27.5 Å². The third-order valence-electron chi connectivity index (χ3n) is 3.45. The van der Waals surface area contributed by atoms with Crippen LogP contribution in [0.15, 0.2) is 33.7 Å². The summed E-state index contributed by atoms with van der Waals surface area (Å²) in [5.74, 6) is 0.234. The molecule has 0 aliphatic heterocycles. The van der Waals surface area contributed by atoms with Gasteiger partial charge in [0.1, 0.15) is 12.3 Å². The van der Waals surface area contributed by atoms with Crippen LogP contribution in [0.2, 0.25) is 0 Å². The van der Waals surface area contributed by atoms with E-state index in [2.05, 4.69) is 20.9 Å². The van der Waals surface area contributed by atoms with E-state index >= 15 is 0 Å². The average molecular weight is 337 g/mol. The van der Waals surface area contributed by atoms with Crippen LogP contribution >= 0.6 is 15.9 Å². The fraction of sp³-hybridized carbons (Fsp3) is 0.357. The van der Waals surface area contributed by atoms with Gasteiger partial charge in [-0.2, -0.15) is 0 Å². The Bertz CT molecular complexity index is 741. The predicted octanol–water partition coefficient (Wildman–Crippen LogP) is 2.16. The van der Waals surface area contributed by atoms with Crippen LogP contribution in [0.1, 0.15) is 19.0 Å². The number of esters is 1. The first-order chi connectivity index (χ1) is 9.54. The molecule has 20 heavy (non-hydrogen) atoms. The minimum absolute atomic E-state index is 0.0208. The van der Waals surface area contributed by atoms with Crippen LogP contribution in [0.3, 0.4) is 0 Å². The van der Waals surface area contributed by atoms with E-state index < -0.39 is 0 Å². The minimum Gasteiger partial charge on any atom is -0.459 e. The summed E-state index contributed by atoms with van der Waals surface area (Å²) in [6.45, 7) is 2.06. The van der Waals surface area contributed by atoms with E-state index in [1.807, 2.05) is 13.0 Å². The molecule has 2 aromatic heterocycles. The van der Waals surface area contributed by atoms with Gasteiger partial charge >= 0.3 is 5.97 Å². The lowest BCUT2D eigenvalue weighted by atomic mass is 10.3. The van der Waals surface area contributed by atoms with Crippen molar-refractivity contribution in [2.45, 2.75) is 20.0 Å². The standard InChI is InChI=1S/C14H13BrN2O3/c1-8-4-11(8)14(19)20-7-10-5-13(18)17-6-9(15)2-3-12(17)16-10/h2-3,5-6,8,11H,4,7H2,1H3/t8-,11-/m0/s1. The molecular formula is C14H13BrN2O3. The van der Waals surface area contributed by atoms with Crippen molar-refractivity contribution in [2.24, 2.45) is 11.8 Å². The minimum atomic E-state index is -0.199. The van der Waals surface area contributed by atoms with Gasteiger partial charge in [0.25, 0.3) is 5.56 Å². The number of hydrogen-bond donors (Lipinski definition) is 0. The fourth-order valence-corrected chi connectivity index (χ4v) is 2.44. The molecule has 0 unspecified atom stereocenters. The molecule has 0 saturated heterocycles. The summed E-state index contributed by atoms with van der Waals surface area (Å²) >= 11 is 3.31. The van der Waals surface area contributed by atoms with Crippen LogP contribution in [0.5, 0.6) is 0 Å². The molecule has 1 saturated carbocycles. The Balaban J connectivity index is 1.80. The van der Waals surface area contributed by atoms with Crippen molar-refractivity contribution in [2.75, 3.05) is 0 Å². The number of rotatable bonds is 3. The van der Waals surface area contributed by atoms with Gasteiger partial charge in [0.2, 0.25) is 0 Å². The highest BCUT2D eigenvalue weighted by atomic mass is 79.9. The summed E-state index contributed by atoms with van der Waals surface area (Å²) in [6.07, 6.45) is 2.55. The molecule has 0 N–H and O–H groups in total. The van der Waals surface area contributed by atoms with Crippen LogP contribution < -0.4 is 5.56 Å². The fourth-order valence-electron chi connectivity index (χ4n) is 2.10. The zero-order valence-corrected chi connectivity index (χ0v) is 12.5. The number of carbonyl (C=O) groups excluding carboxylic acids is 1. The third-order valence-corrected chi connectivity index (χ3v) is 3.92. The second kappa shape index (κ2) is 5.01. The Morgan fingerprint density at radius 2 is 2.30 bits per heavy atom. The monoisotopic (exact) mass is 336 g/mol. The van der Waals surface area contributed by atoms with Gasteiger partial charge in [-0.25, -0.2) is 4.98 Å². The van der Waals surface area contributed by atoms with E-state index in [4.69, 9.17) is 4.74 Å². The molecule has 0 amide bonds. The molecule has 6 heteroatoms. The van der Waals surface area contributed by atoms with Crippen LogP contribution in [-0.2, 0) is 16.1 Å². The van der Waals surface area contributed by atoms with Gasteiger partial charge in [-0.15, -0.1) is 0 Å². The quantitative estimate of drug-likeness (QED) is 0.806. The molecule has 2 atom stereocenters. The summed E-state index contributed by atoms with van der Waals surface area (Å²) < 4.78 is 7.44. The van der Waals surface area contributed by atoms with Gasteiger partial charge in [0.15, 0.2) is 0 Å². The molecule has 1 aliphatic carbocycles. The van der Waals surface area contributed by atoms with Crippen LogP contribution in [-0.4, -0.2) is 15.4 Å². The Labute approximate surface area is 123 Å². The Morgan fingerprint density at radius 1 is 1.55 bits per heavy atom. The van der Waals surface area contributed by atoms with Gasteiger partial charge in [-0.1, -0.05) is 6.92 Å². The van der Waals surface area contributed by atoms with E-state index in [-0.39, 0.29) is 24.1 Å². The van der Waals surface area contributed by atoms with Crippen LogP contribution in [0.4, 0.5) is 0 Å². The van der Waals surface area contributed by atoms with Crippen LogP contribution in [0, 0.1) is 11.8 Å². The molecule has 3 rings (SSSR count). The molecule has 0 spiro atoms. The largest absolute Gasteiger partial charge is 0.459 e. The van der Waals surface area contributed by atoms with E-state index in [0.29, 0.717) is 17.3 Å². The Kier molecular flexibility index (Phi) is 3.33. The van der Waals surface area contributed by atoms with Gasteiger partial charge in [0, 0.05) is 16.7 Å². The van der Waals surface area contributed by atoms with Crippen molar-refractivity contribution in [3.05, 3.63) is 44.9 Å². The lowest BCUT2D eigenvalue weighted by molar-refractivity contribution is -0.147. The molecule has 0 radical (unpaired) electrons. The molecule has 104 valence electrons. The van der Waals surface area contributed by atoms with Gasteiger partial charge in [-0.3, -0.25) is 14.0 Å². The van der Waals surface area contributed by atoms with Crippen LogP contribution in [0.25, 0.3) is 5.65 Å². The number of carbonyl (C=O) groups is 1. The maximum Gasteiger partial charge on any atom is 0.309 e. The van der Waals surface area contributed by atoms with E-state index in [1.165, 1.54) is 10.5 Å². The second-order valence-electron chi connectivity index (χ2n) is 5.09. The number of hydrogen-bond acceptors (Lipinski definition) is 4. The summed E-state index contributed by atoms with van der Waals surface area (Å²) in [6, 6.07) is 4.94. The molecule has 5 nitrogen and oxygen atoms in total. The first-order valence-electron chi connectivity index (χ1n) is 6.39. The predicted molar refractivity (Wildman–Crippen MR) is 76.2 cm³/mol. The maximum absolute atomic E-state index is 12.0. The van der Waals surface area contributed by atoms with Crippen molar-refractivity contribution < 1.29 is 9.53 Å². The number of halogens is 1. The van der Waals surface area contributed by atoms with Gasteiger partial charge in [-0.05, 0) is 40.4 Å². The maximum atomic E-state index is 12.0. The average Bonchev–Trinajstić information content (AvgIpc) is 3.14. The highest BCUT2D eigenvalue weighted by Gasteiger charge is 2.40. The Morgan fingerprint density at radius 3 is 3.00 bits per heavy atom. The van der Waals surface area contributed by atoms with E-state index in [0.717, 1.165) is 10.9 Å². The van der Waals surface area contributed by atoms with Crippen molar-refractivity contribution in [3.63, 3.8) is 0 Å². The first kappa shape index (κ1) is 13.3. The molecule has 0 aromatic carbocycles. The Hall–Kier alpha value is -1.69. The molecule has 1 aliphatic rings. The molecule has 2 heterocycles. The number of nitrogens with zero attached hydrogens (tertiary/aromatic N) is 2. The number of fused-ring (bicyclic) bond motifs is 1.